The van der Waals surface area contributed by atoms with Crippen LogP contribution in [0.5, 0.6) is 34.5 Å². The molecule has 5 rings (SSSR count). The maximum Gasteiger partial charge on any atom is 0.193 e. The SMILES string of the molecule is COc1cc(O)c(C(=O)/C=C/c2ccc(O)cc2)c2c1C[C@@H](C/C=C/c1ccc(O)cc1)[C@H](c1ccc(O)cc1)O2. The predicted octanol–water partition coefficient (Wildman–Crippen LogP) is 6.81. The van der Waals surface area contributed by atoms with Crippen molar-refractivity contribution in [1.82, 2.24) is 0 Å². The number of phenolic OH excluding ortho intramolecular Hbond substituents is 4. The molecule has 0 aliphatic carbocycles. The number of ketones is 1. The van der Waals surface area contributed by atoms with Gasteiger partial charge in [-0.3, -0.25) is 4.79 Å². The zero-order valence-electron chi connectivity index (χ0n) is 22.4. The molecule has 208 valence electrons. The quantitative estimate of drug-likeness (QED) is 0.141. The van der Waals surface area contributed by atoms with Crippen LogP contribution < -0.4 is 9.47 Å². The van der Waals surface area contributed by atoms with E-state index in [0.717, 1.165) is 11.1 Å². The third-order valence-electron chi connectivity index (χ3n) is 7.11. The van der Waals surface area contributed by atoms with Crippen LogP contribution in [0.2, 0.25) is 0 Å². The number of hydrogen-bond acceptors (Lipinski definition) is 7. The molecular weight excluding hydrogens is 520 g/mol. The standard InChI is InChI=1S/C34H30O7/c1-40-31-20-30(39)32(29(38)18-9-22-7-14-26(36)15-8-22)34-28(31)19-24(4-2-3-21-5-12-25(35)13-6-21)33(41-34)23-10-16-27(37)17-11-23/h2-3,5-18,20,24,33,35-37,39H,4,19H2,1H3/b3-2+,18-9+/t24-,33+/m1/s1. The molecule has 0 unspecified atom stereocenters. The topological polar surface area (TPSA) is 116 Å². The van der Waals surface area contributed by atoms with Gasteiger partial charge in [-0.15, -0.1) is 0 Å². The minimum absolute atomic E-state index is 0.0395. The van der Waals surface area contributed by atoms with Crippen LogP contribution in [0.3, 0.4) is 0 Å². The highest BCUT2D eigenvalue weighted by atomic mass is 16.5. The summed E-state index contributed by atoms with van der Waals surface area (Å²) in [5, 5.41) is 39.9. The van der Waals surface area contributed by atoms with Gasteiger partial charge in [0.1, 0.15) is 46.2 Å². The first kappa shape index (κ1) is 27.4. The second-order valence-electron chi connectivity index (χ2n) is 9.89. The molecule has 7 heteroatoms. The molecule has 2 atom stereocenters. The fourth-order valence-electron chi connectivity index (χ4n) is 5.01. The summed E-state index contributed by atoms with van der Waals surface area (Å²) in [6, 6.07) is 21.5. The highest BCUT2D eigenvalue weighted by Gasteiger charge is 2.36. The minimum atomic E-state index is -0.480. The molecule has 0 spiro atoms. The maximum absolute atomic E-state index is 13.4. The Kier molecular flexibility index (Phi) is 7.97. The maximum atomic E-state index is 13.4. The molecule has 0 aromatic heterocycles. The van der Waals surface area contributed by atoms with Crippen LogP contribution in [0.1, 0.15) is 45.1 Å². The molecular formula is C34H30O7. The molecule has 0 fully saturated rings. The minimum Gasteiger partial charge on any atom is -0.508 e. The molecule has 4 aromatic rings. The van der Waals surface area contributed by atoms with E-state index in [0.29, 0.717) is 29.7 Å². The van der Waals surface area contributed by atoms with E-state index in [1.165, 1.54) is 31.4 Å². The number of aromatic hydroxyl groups is 4. The molecule has 4 aromatic carbocycles. The summed E-state index contributed by atoms with van der Waals surface area (Å²) in [5.74, 6) is 0.382. The van der Waals surface area contributed by atoms with Crippen molar-refractivity contribution in [1.29, 1.82) is 0 Å². The Morgan fingerprint density at radius 1 is 0.854 bits per heavy atom. The summed E-state index contributed by atoms with van der Waals surface area (Å²) in [7, 11) is 1.51. The van der Waals surface area contributed by atoms with Gasteiger partial charge in [-0.2, -0.15) is 0 Å². The van der Waals surface area contributed by atoms with Gasteiger partial charge in [0.05, 0.1) is 7.11 Å². The number of methoxy groups -OCH3 is 1. The largest absolute Gasteiger partial charge is 0.508 e. The summed E-state index contributed by atoms with van der Waals surface area (Å²) in [5.41, 5.74) is 3.19. The van der Waals surface area contributed by atoms with E-state index in [4.69, 9.17) is 9.47 Å². The number of carbonyl (C=O) groups is 1. The molecule has 7 nitrogen and oxygen atoms in total. The predicted molar refractivity (Wildman–Crippen MR) is 157 cm³/mol. The van der Waals surface area contributed by atoms with Crippen molar-refractivity contribution in [3.05, 3.63) is 119 Å². The number of phenols is 4. The van der Waals surface area contributed by atoms with Crippen LogP contribution in [-0.2, 0) is 6.42 Å². The van der Waals surface area contributed by atoms with Gasteiger partial charge in [-0.1, -0.05) is 54.6 Å². The number of rotatable bonds is 8. The van der Waals surface area contributed by atoms with E-state index in [1.54, 1.807) is 54.6 Å². The van der Waals surface area contributed by atoms with Gasteiger partial charge < -0.3 is 29.9 Å². The highest BCUT2D eigenvalue weighted by Crippen LogP contribution is 2.49. The molecule has 1 heterocycles. The van der Waals surface area contributed by atoms with E-state index < -0.39 is 11.9 Å². The number of hydrogen-bond donors (Lipinski definition) is 4. The number of ether oxygens (including phenoxy) is 2. The van der Waals surface area contributed by atoms with Gasteiger partial charge in [0.15, 0.2) is 5.78 Å². The average Bonchev–Trinajstić information content (AvgIpc) is 2.97. The lowest BCUT2D eigenvalue weighted by atomic mass is 9.83. The first-order valence-corrected chi connectivity index (χ1v) is 13.2. The van der Waals surface area contributed by atoms with Crippen LogP contribution in [0.4, 0.5) is 0 Å². The number of fused-ring (bicyclic) bond motifs is 1. The fourth-order valence-corrected chi connectivity index (χ4v) is 5.01. The van der Waals surface area contributed by atoms with Gasteiger partial charge in [0.2, 0.25) is 0 Å². The Balaban J connectivity index is 1.52. The van der Waals surface area contributed by atoms with Gasteiger partial charge in [0.25, 0.3) is 0 Å². The Morgan fingerprint density at radius 2 is 1.41 bits per heavy atom. The third kappa shape index (κ3) is 6.20. The third-order valence-corrected chi connectivity index (χ3v) is 7.11. The van der Waals surface area contributed by atoms with Gasteiger partial charge in [0, 0.05) is 17.5 Å². The number of carbonyl (C=O) groups excluding carboxylic acids is 1. The molecule has 0 saturated heterocycles. The number of benzene rings is 4. The van der Waals surface area contributed by atoms with Crippen LogP contribution in [0, 0.1) is 5.92 Å². The van der Waals surface area contributed by atoms with Crippen LogP contribution >= 0.6 is 0 Å². The molecule has 0 bridgehead atoms. The van der Waals surface area contributed by atoms with Crippen molar-refractivity contribution in [2.45, 2.75) is 18.9 Å². The van der Waals surface area contributed by atoms with Gasteiger partial charge in [-0.05, 0) is 72.0 Å². The lowest BCUT2D eigenvalue weighted by Crippen LogP contribution is -2.27. The van der Waals surface area contributed by atoms with Crippen molar-refractivity contribution >= 4 is 17.9 Å². The average molecular weight is 551 g/mol. The summed E-state index contributed by atoms with van der Waals surface area (Å²) in [4.78, 5) is 13.4. The van der Waals surface area contributed by atoms with Crippen molar-refractivity contribution in [3.63, 3.8) is 0 Å². The van der Waals surface area contributed by atoms with E-state index in [1.807, 2.05) is 24.3 Å². The van der Waals surface area contributed by atoms with E-state index in [9.17, 15) is 25.2 Å². The fraction of sp³-hybridized carbons (Fsp3) is 0.147. The normalized spacial score (nSPS) is 16.4. The molecule has 4 N–H and O–H groups in total. The summed E-state index contributed by atoms with van der Waals surface area (Å²) in [6.45, 7) is 0. The summed E-state index contributed by atoms with van der Waals surface area (Å²) >= 11 is 0. The Labute approximate surface area is 237 Å². The summed E-state index contributed by atoms with van der Waals surface area (Å²) in [6.07, 6.45) is 7.63. The smallest absolute Gasteiger partial charge is 0.193 e. The van der Waals surface area contributed by atoms with Crippen LogP contribution in [-0.4, -0.2) is 33.3 Å². The van der Waals surface area contributed by atoms with Crippen LogP contribution in [0.15, 0.2) is 91.0 Å². The molecule has 1 aliphatic heterocycles. The lowest BCUT2D eigenvalue weighted by Gasteiger charge is -2.35. The molecule has 0 amide bonds. The second-order valence-corrected chi connectivity index (χ2v) is 9.89. The Morgan fingerprint density at radius 3 is 2.00 bits per heavy atom. The van der Waals surface area contributed by atoms with Crippen molar-refractivity contribution in [2.24, 2.45) is 5.92 Å². The zero-order valence-corrected chi connectivity index (χ0v) is 22.4. The van der Waals surface area contributed by atoms with E-state index in [-0.39, 0.29) is 40.2 Å². The molecule has 0 radical (unpaired) electrons. The van der Waals surface area contributed by atoms with Crippen molar-refractivity contribution in [2.75, 3.05) is 7.11 Å². The first-order chi connectivity index (χ1) is 19.8. The van der Waals surface area contributed by atoms with Crippen molar-refractivity contribution in [3.8, 4) is 34.5 Å². The monoisotopic (exact) mass is 550 g/mol. The van der Waals surface area contributed by atoms with Crippen molar-refractivity contribution < 1.29 is 34.7 Å². The van der Waals surface area contributed by atoms with Gasteiger partial charge >= 0.3 is 0 Å². The molecule has 41 heavy (non-hydrogen) atoms. The van der Waals surface area contributed by atoms with E-state index in [2.05, 4.69) is 0 Å². The lowest BCUT2D eigenvalue weighted by molar-refractivity contribution is 0.0982. The number of allylic oxidation sites excluding steroid dienone is 2. The first-order valence-electron chi connectivity index (χ1n) is 13.2. The second kappa shape index (κ2) is 11.9. The van der Waals surface area contributed by atoms with E-state index >= 15 is 0 Å². The Bertz CT molecular complexity index is 1580. The summed E-state index contributed by atoms with van der Waals surface area (Å²) < 4.78 is 12.1. The molecule has 1 aliphatic rings. The highest BCUT2D eigenvalue weighted by molar-refractivity contribution is 6.11. The van der Waals surface area contributed by atoms with Gasteiger partial charge in [-0.25, -0.2) is 0 Å². The molecule has 0 saturated carbocycles. The zero-order chi connectivity index (χ0) is 28.9. The van der Waals surface area contributed by atoms with Crippen LogP contribution in [0.25, 0.3) is 12.2 Å². The Hall–Kier alpha value is -5.17.